The number of benzene rings is 1. The van der Waals surface area contributed by atoms with E-state index in [4.69, 9.17) is 0 Å². The Morgan fingerprint density at radius 2 is 1.93 bits per heavy atom. The van der Waals surface area contributed by atoms with Crippen molar-refractivity contribution in [2.24, 2.45) is 0 Å². The topological polar surface area (TPSA) is 17.1 Å². The number of hydrogen-bond donors (Lipinski definition) is 0. The van der Waals surface area contributed by atoms with Gasteiger partial charge in [-0.1, -0.05) is 30.3 Å². The van der Waals surface area contributed by atoms with Gasteiger partial charge >= 0.3 is 0 Å². The fourth-order valence-electron chi connectivity index (χ4n) is 1.35. The Labute approximate surface area is 87.0 Å². The zero-order valence-electron chi connectivity index (χ0n) is 7.64. The molecule has 1 aromatic carbocycles. The molecule has 0 atom stereocenters. The first kappa shape index (κ1) is 9.16. The third kappa shape index (κ3) is 1.91. The van der Waals surface area contributed by atoms with Gasteiger partial charge in [0.15, 0.2) is 0 Å². The van der Waals surface area contributed by atoms with Gasteiger partial charge in [-0.05, 0) is 22.6 Å². The van der Waals surface area contributed by atoms with E-state index in [0.717, 1.165) is 11.2 Å². The van der Waals surface area contributed by atoms with Gasteiger partial charge in [-0.25, -0.2) is 0 Å². The molecule has 0 saturated carbocycles. The summed E-state index contributed by atoms with van der Waals surface area (Å²) in [6.07, 6.45) is 1.47. The Balaban J connectivity index is 2.29. The van der Waals surface area contributed by atoms with Gasteiger partial charge < -0.3 is 4.79 Å². The zero-order chi connectivity index (χ0) is 9.80. The molecule has 2 heteroatoms. The molecule has 0 radical (unpaired) electrons. The van der Waals surface area contributed by atoms with Crippen LogP contribution in [-0.2, 0) is 11.2 Å². The van der Waals surface area contributed by atoms with Crippen LogP contribution in [0.25, 0.3) is 11.1 Å². The van der Waals surface area contributed by atoms with E-state index in [9.17, 15) is 4.79 Å². The second-order valence-electron chi connectivity index (χ2n) is 3.04. The van der Waals surface area contributed by atoms with Crippen LogP contribution in [0.15, 0.2) is 41.8 Å². The van der Waals surface area contributed by atoms with Gasteiger partial charge in [-0.15, -0.1) is 11.3 Å². The van der Waals surface area contributed by atoms with E-state index in [1.54, 1.807) is 11.3 Å². The lowest BCUT2D eigenvalue weighted by Gasteiger charge is -1.94. The summed E-state index contributed by atoms with van der Waals surface area (Å²) in [5.41, 5.74) is 2.41. The third-order valence-electron chi connectivity index (χ3n) is 2.05. The predicted molar refractivity (Wildman–Crippen MR) is 59.5 cm³/mol. The summed E-state index contributed by atoms with van der Waals surface area (Å²) in [6.45, 7) is 0. The first-order valence-electron chi connectivity index (χ1n) is 4.46. The highest BCUT2D eigenvalue weighted by Crippen LogP contribution is 2.25. The third-order valence-corrected chi connectivity index (χ3v) is 3.00. The lowest BCUT2D eigenvalue weighted by atomic mass is 10.1. The SMILES string of the molecule is O=CCc1cc(-c2ccccc2)cs1. The van der Waals surface area contributed by atoms with Crippen molar-refractivity contribution in [2.75, 3.05) is 0 Å². The van der Waals surface area contributed by atoms with Crippen molar-refractivity contribution in [3.8, 4) is 11.1 Å². The summed E-state index contributed by atoms with van der Waals surface area (Å²) >= 11 is 1.64. The fraction of sp³-hybridized carbons (Fsp3) is 0.0833. The number of carbonyl (C=O) groups is 1. The van der Waals surface area contributed by atoms with Crippen LogP contribution in [0.2, 0.25) is 0 Å². The molecule has 0 spiro atoms. The van der Waals surface area contributed by atoms with Gasteiger partial charge in [0.2, 0.25) is 0 Å². The predicted octanol–water partition coefficient (Wildman–Crippen LogP) is 3.16. The number of thiophene rings is 1. The molecule has 0 saturated heterocycles. The van der Waals surface area contributed by atoms with E-state index in [1.165, 1.54) is 11.1 Å². The van der Waals surface area contributed by atoms with Crippen molar-refractivity contribution >= 4 is 17.6 Å². The molecule has 0 fully saturated rings. The molecule has 0 N–H and O–H groups in total. The van der Waals surface area contributed by atoms with Crippen molar-refractivity contribution in [1.82, 2.24) is 0 Å². The van der Waals surface area contributed by atoms with Crippen LogP contribution in [0.3, 0.4) is 0 Å². The van der Waals surface area contributed by atoms with Crippen molar-refractivity contribution in [3.05, 3.63) is 46.7 Å². The van der Waals surface area contributed by atoms with Crippen molar-refractivity contribution in [2.45, 2.75) is 6.42 Å². The maximum Gasteiger partial charge on any atom is 0.125 e. The summed E-state index contributed by atoms with van der Waals surface area (Å²) < 4.78 is 0. The molecule has 0 aliphatic rings. The van der Waals surface area contributed by atoms with Crippen LogP contribution in [0.4, 0.5) is 0 Å². The summed E-state index contributed by atoms with van der Waals surface area (Å²) in [5, 5.41) is 2.09. The van der Waals surface area contributed by atoms with E-state index < -0.39 is 0 Å². The van der Waals surface area contributed by atoms with Gasteiger partial charge in [-0.3, -0.25) is 0 Å². The quantitative estimate of drug-likeness (QED) is 0.699. The van der Waals surface area contributed by atoms with E-state index in [0.29, 0.717) is 6.42 Å². The van der Waals surface area contributed by atoms with Crippen LogP contribution in [0, 0.1) is 0 Å². The molecule has 0 unspecified atom stereocenters. The molecule has 70 valence electrons. The highest BCUT2D eigenvalue weighted by Gasteiger charge is 2.00. The normalized spacial score (nSPS) is 10.0. The van der Waals surface area contributed by atoms with Gasteiger partial charge in [0.1, 0.15) is 6.29 Å². The molecule has 1 aromatic heterocycles. The van der Waals surface area contributed by atoms with E-state index >= 15 is 0 Å². The van der Waals surface area contributed by atoms with Gasteiger partial charge in [0.05, 0.1) is 0 Å². The Morgan fingerprint density at radius 1 is 1.14 bits per heavy atom. The van der Waals surface area contributed by atoms with E-state index in [1.807, 2.05) is 18.2 Å². The van der Waals surface area contributed by atoms with Crippen LogP contribution >= 0.6 is 11.3 Å². The summed E-state index contributed by atoms with van der Waals surface area (Å²) in [4.78, 5) is 11.5. The molecular formula is C12H10OS. The zero-order valence-corrected chi connectivity index (χ0v) is 8.46. The molecule has 0 amide bonds. The van der Waals surface area contributed by atoms with Crippen LogP contribution in [-0.4, -0.2) is 6.29 Å². The number of rotatable bonds is 3. The van der Waals surface area contributed by atoms with Crippen molar-refractivity contribution < 1.29 is 4.79 Å². The molecule has 0 aliphatic heterocycles. The molecule has 2 aromatic rings. The summed E-state index contributed by atoms with van der Waals surface area (Å²) in [5.74, 6) is 0. The molecule has 1 nitrogen and oxygen atoms in total. The van der Waals surface area contributed by atoms with Crippen LogP contribution in [0.1, 0.15) is 4.88 Å². The second-order valence-corrected chi connectivity index (χ2v) is 4.03. The first-order chi connectivity index (χ1) is 6.90. The fourth-order valence-corrected chi connectivity index (χ4v) is 2.19. The maximum absolute atomic E-state index is 10.3. The molecule has 1 heterocycles. The highest BCUT2D eigenvalue weighted by atomic mass is 32.1. The molecular weight excluding hydrogens is 192 g/mol. The monoisotopic (exact) mass is 202 g/mol. The minimum Gasteiger partial charge on any atom is -0.303 e. The van der Waals surface area contributed by atoms with Gasteiger partial charge in [0, 0.05) is 11.3 Å². The van der Waals surface area contributed by atoms with Crippen molar-refractivity contribution in [3.63, 3.8) is 0 Å². The Hall–Kier alpha value is -1.41. The average molecular weight is 202 g/mol. The maximum atomic E-state index is 10.3. The van der Waals surface area contributed by atoms with E-state index in [2.05, 4.69) is 23.6 Å². The summed E-state index contributed by atoms with van der Waals surface area (Å²) in [7, 11) is 0. The minimum atomic E-state index is 0.525. The Morgan fingerprint density at radius 3 is 2.64 bits per heavy atom. The molecule has 0 bridgehead atoms. The van der Waals surface area contributed by atoms with Gasteiger partial charge in [0.25, 0.3) is 0 Å². The first-order valence-corrected chi connectivity index (χ1v) is 5.34. The largest absolute Gasteiger partial charge is 0.303 e. The standard InChI is InChI=1S/C12H10OS/c13-7-6-12-8-11(9-14-12)10-4-2-1-3-5-10/h1-5,7-9H,6H2. The number of carbonyl (C=O) groups excluding carboxylic acids is 1. The molecule has 0 aliphatic carbocycles. The Kier molecular flexibility index (Phi) is 2.75. The molecule has 2 rings (SSSR count). The number of hydrogen-bond acceptors (Lipinski definition) is 2. The number of aldehydes is 1. The highest BCUT2D eigenvalue weighted by molar-refractivity contribution is 7.10. The average Bonchev–Trinajstić information content (AvgIpc) is 2.68. The minimum absolute atomic E-state index is 0.525. The van der Waals surface area contributed by atoms with Crippen LogP contribution < -0.4 is 0 Å². The lowest BCUT2D eigenvalue weighted by molar-refractivity contribution is -0.107. The summed E-state index contributed by atoms with van der Waals surface area (Å²) in [6, 6.07) is 12.3. The van der Waals surface area contributed by atoms with Crippen molar-refractivity contribution in [1.29, 1.82) is 0 Å². The van der Waals surface area contributed by atoms with Crippen LogP contribution in [0.5, 0.6) is 0 Å². The molecule has 14 heavy (non-hydrogen) atoms. The van der Waals surface area contributed by atoms with Gasteiger partial charge in [-0.2, -0.15) is 0 Å². The second kappa shape index (κ2) is 4.20. The lowest BCUT2D eigenvalue weighted by Crippen LogP contribution is -1.78. The Bertz CT molecular complexity index is 417. The smallest absolute Gasteiger partial charge is 0.125 e. The van der Waals surface area contributed by atoms with E-state index in [-0.39, 0.29) is 0 Å².